The van der Waals surface area contributed by atoms with E-state index in [4.69, 9.17) is 0 Å². The quantitative estimate of drug-likeness (QED) is 0.721. The number of nitrogens with one attached hydrogen (secondary N) is 1. The molecule has 1 atom stereocenters. The number of likely N-dealkylation sites (N-methyl/N-ethyl adjacent to an activating group) is 1. The fourth-order valence-corrected chi connectivity index (χ4v) is 2.70. The third-order valence-electron chi connectivity index (χ3n) is 3.59. The number of anilines is 1. The van der Waals surface area contributed by atoms with Gasteiger partial charge in [0.2, 0.25) is 6.10 Å². The molecule has 2 N–H and O–H groups in total. The Hall–Kier alpha value is -2.25. The first-order chi connectivity index (χ1) is 11.9. The predicted molar refractivity (Wildman–Crippen MR) is 96.4 cm³/mol. The molecule has 0 bridgehead atoms. The molecule has 0 spiro atoms. The molecule has 0 saturated heterocycles. The molecule has 25 heavy (non-hydrogen) atoms. The zero-order valence-corrected chi connectivity index (χ0v) is 15.2. The molecule has 132 valence electrons. The third kappa shape index (κ3) is 4.87. The van der Waals surface area contributed by atoms with Crippen LogP contribution in [0, 0.1) is 5.82 Å². The Bertz CT molecular complexity index is 755. The van der Waals surface area contributed by atoms with Crippen molar-refractivity contribution in [3.8, 4) is 0 Å². The molecule has 0 saturated carbocycles. The van der Waals surface area contributed by atoms with Gasteiger partial charge in [-0.3, -0.25) is 9.59 Å². The number of benzene rings is 2. The summed E-state index contributed by atoms with van der Waals surface area (Å²) in [7, 11) is 0. The fraction of sp³-hybridized carbons (Fsp3) is 0.222. The average molecular weight is 409 g/mol. The summed E-state index contributed by atoms with van der Waals surface area (Å²) in [6, 6.07) is 13.1. The lowest BCUT2D eigenvalue weighted by Gasteiger charge is -2.23. The van der Waals surface area contributed by atoms with Gasteiger partial charge in [-0.15, -0.1) is 0 Å². The second-order valence-electron chi connectivity index (χ2n) is 5.27. The number of nitrogens with zero attached hydrogens (tertiary/aromatic N) is 1. The van der Waals surface area contributed by atoms with Crippen molar-refractivity contribution in [1.82, 2.24) is 5.32 Å². The number of aliphatic hydroxyl groups excluding tert-OH is 1. The standard InChI is InChI=1S/C18H18BrFN2O3/c1-2-22(14-6-4-3-5-7-14)18(25)16(23)17(24)21-11-12-10-13(19)8-9-15(12)20/h3-10,16,23H,2,11H2,1H3,(H,21,24)/t16-/m0/s1. The van der Waals surface area contributed by atoms with E-state index in [-0.39, 0.29) is 12.1 Å². The van der Waals surface area contributed by atoms with Gasteiger partial charge in [0.25, 0.3) is 11.8 Å². The van der Waals surface area contributed by atoms with Gasteiger partial charge in [-0.05, 0) is 37.3 Å². The Labute approximate surface area is 153 Å². The molecular weight excluding hydrogens is 391 g/mol. The second-order valence-corrected chi connectivity index (χ2v) is 6.19. The number of hydrogen-bond acceptors (Lipinski definition) is 3. The monoisotopic (exact) mass is 408 g/mol. The summed E-state index contributed by atoms with van der Waals surface area (Å²) in [5.41, 5.74) is 0.831. The Morgan fingerprint density at radius 1 is 1.24 bits per heavy atom. The smallest absolute Gasteiger partial charge is 0.265 e. The highest BCUT2D eigenvalue weighted by Crippen LogP contribution is 2.16. The van der Waals surface area contributed by atoms with Gasteiger partial charge >= 0.3 is 0 Å². The van der Waals surface area contributed by atoms with E-state index in [1.807, 2.05) is 0 Å². The van der Waals surface area contributed by atoms with E-state index in [9.17, 15) is 19.1 Å². The number of hydrogen-bond donors (Lipinski definition) is 2. The van der Waals surface area contributed by atoms with E-state index in [1.165, 1.54) is 23.1 Å². The summed E-state index contributed by atoms with van der Waals surface area (Å²) < 4.78 is 14.3. The van der Waals surface area contributed by atoms with Gasteiger partial charge in [-0.2, -0.15) is 0 Å². The van der Waals surface area contributed by atoms with Gasteiger partial charge in [0.1, 0.15) is 5.82 Å². The summed E-state index contributed by atoms with van der Waals surface area (Å²) in [6.45, 7) is 1.91. The number of halogens is 2. The number of carbonyl (C=O) groups is 2. The van der Waals surface area contributed by atoms with Gasteiger partial charge in [0, 0.05) is 28.8 Å². The second kappa shape index (κ2) is 8.73. The fourth-order valence-electron chi connectivity index (χ4n) is 2.29. The normalized spacial score (nSPS) is 11.7. The van der Waals surface area contributed by atoms with E-state index in [2.05, 4.69) is 21.2 Å². The van der Waals surface area contributed by atoms with E-state index < -0.39 is 23.7 Å². The van der Waals surface area contributed by atoms with Crippen LogP contribution in [0.1, 0.15) is 12.5 Å². The Balaban J connectivity index is 2.03. The van der Waals surface area contributed by atoms with Gasteiger partial charge < -0.3 is 15.3 Å². The van der Waals surface area contributed by atoms with Crippen LogP contribution in [0.15, 0.2) is 53.0 Å². The first-order valence-electron chi connectivity index (χ1n) is 7.70. The molecule has 0 aliphatic heterocycles. The van der Waals surface area contributed by atoms with E-state index in [1.54, 1.807) is 37.3 Å². The highest BCUT2D eigenvalue weighted by Gasteiger charge is 2.28. The maximum atomic E-state index is 13.7. The molecular formula is C18H18BrFN2O3. The number of aliphatic hydroxyl groups is 1. The molecule has 0 heterocycles. The van der Waals surface area contributed by atoms with Gasteiger partial charge in [0.05, 0.1) is 0 Å². The molecule has 0 radical (unpaired) electrons. The van der Waals surface area contributed by atoms with Crippen molar-refractivity contribution in [3.05, 3.63) is 64.4 Å². The van der Waals surface area contributed by atoms with E-state index in [0.29, 0.717) is 16.7 Å². The minimum atomic E-state index is -1.87. The van der Waals surface area contributed by atoms with Crippen molar-refractivity contribution in [1.29, 1.82) is 0 Å². The Morgan fingerprint density at radius 3 is 2.56 bits per heavy atom. The van der Waals surface area contributed by atoms with Crippen molar-refractivity contribution in [2.45, 2.75) is 19.6 Å². The van der Waals surface area contributed by atoms with E-state index >= 15 is 0 Å². The lowest BCUT2D eigenvalue weighted by Crippen LogP contribution is -2.47. The summed E-state index contributed by atoms with van der Waals surface area (Å²) in [4.78, 5) is 25.8. The number of rotatable bonds is 6. The minimum absolute atomic E-state index is 0.133. The molecule has 2 amide bonds. The van der Waals surface area contributed by atoms with Crippen LogP contribution in [0.5, 0.6) is 0 Å². The molecule has 7 heteroatoms. The molecule has 0 aliphatic rings. The molecule has 0 aliphatic carbocycles. The maximum Gasteiger partial charge on any atom is 0.265 e. The highest BCUT2D eigenvalue weighted by atomic mass is 79.9. The van der Waals surface area contributed by atoms with Crippen LogP contribution in [-0.4, -0.2) is 29.6 Å². The minimum Gasteiger partial charge on any atom is -0.375 e. The molecule has 2 aromatic rings. The number of para-hydroxylation sites is 1. The van der Waals surface area contributed by atoms with Crippen LogP contribution in [0.4, 0.5) is 10.1 Å². The van der Waals surface area contributed by atoms with Crippen LogP contribution < -0.4 is 10.2 Å². The zero-order chi connectivity index (χ0) is 18.4. The van der Waals surface area contributed by atoms with Crippen molar-refractivity contribution in [2.24, 2.45) is 0 Å². The first-order valence-corrected chi connectivity index (χ1v) is 8.49. The van der Waals surface area contributed by atoms with Crippen LogP contribution in [-0.2, 0) is 16.1 Å². The summed E-state index contributed by atoms with van der Waals surface area (Å²) >= 11 is 3.22. The largest absolute Gasteiger partial charge is 0.375 e. The molecule has 0 aromatic heterocycles. The predicted octanol–water partition coefficient (Wildman–Crippen LogP) is 2.62. The first kappa shape index (κ1) is 19.1. The SMILES string of the molecule is CCN(C(=O)[C@@H](O)C(=O)NCc1cc(Br)ccc1F)c1ccccc1. The molecule has 2 aromatic carbocycles. The molecule has 0 unspecified atom stereocenters. The van der Waals surface area contributed by atoms with Crippen molar-refractivity contribution < 1.29 is 19.1 Å². The van der Waals surface area contributed by atoms with Crippen molar-refractivity contribution >= 4 is 33.4 Å². The van der Waals surface area contributed by atoms with Crippen LogP contribution in [0.3, 0.4) is 0 Å². The van der Waals surface area contributed by atoms with Gasteiger partial charge in [-0.25, -0.2) is 4.39 Å². The van der Waals surface area contributed by atoms with Crippen LogP contribution in [0.25, 0.3) is 0 Å². The lowest BCUT2D eigenvalue weighted by molar-refractivity contribution is -0.139. The van der Waals surface area contributed by atoms with Crippen molar-refractivity contribution in [3.63, 3.8) is 0 Å². The number of amides is 2. The summed E-state index contributed by atoms with van der Waals surface area (Å²) in [5.74, 6) is -2.09. The van der Waals surface area contributed by atoms with Crippen molar-refractivity contribution in [2.75, 3.05) is 11.4 Å². The topological polar surface area (TPSA) is 69.6 Å². The van der Waals surface area contributed by atoms with Crippen LogP contribution >= 0.6 is 15.9 Å². The van der Waals surface area contributed by atoms with Gasteiger partial charge in [-0.1, -0.05) is 34.1 Å². The Kier molecular flexibility index (Phi) is 6.66. The van der Waals surface area contributed by atoms with E-state index in [0.717, 1.165) is 0 Å². The molecule has 5 nitrogen and oxygen atoms in total. The summed E-state index contributed by atoms with van der Waals surface area (Å²) in [6.07, 6.45) is -1.87. The maximum absolute atomic E-state index is 13.7. The van der Waals surface area contributed by atoms with Gasteiger partial charge in [0.15, 0.2) is 0 Å². The van der Waals surface area contributed by atoms with Crippen LogP contribution in [0.2, 0.25) is 0 Å². The average Bonchev–Trinajstić information content (AvgIpc) is 2.63. The number of carbonyl (C=O) groups excluding carboxylic acids is 2. The third-order valence-corrected chi connectivity index (χ3v) is 4.09. The Morgan fingerprint density at radius 2 is 1.92 bits per heavy atom. The summed E-state index contributed by atoms with van der Waals surface area (Å²) in [5, 5.41) is 12.4. The lowest BCUT2D eigenvalue weighted by atomic mass is 10.2. The molecule has 2 rings (SSSR count). The molecule has 0 fully saturated rings. The zero-order valence-electron chi connectivity index (χ0n) is 13.6. The highest BCUT2D eigenvalue weighted by molar-refractivity contribution is 9.10.